The summed E-state index contributed by atoms with van der Waals surface area (Å²) in [5, 5.41) is 19.7. The van der Waals surface area contributed by atoms with E-state index >= 15 is 0 Å². The molecule has 2 aliphatic rings. The number of piperazine rings is 1. The number of carbonyl (C=O) groups is 1. The number of carbonyl (C=O) groups excluding carboxylic acids is 1. The first kappa shape index (κ1) is 20.6. The van der Waals surface area contributed by atoms with E-state index in [2.05, 4.69) is 9.80 Å². The molecule has 0 aliphatic carbocycles. The second kappa shape index (κ2) is 8.60. The normalized spacial score (nSPS) is 18.6. The molecular weight excluding hydrogens is 380 g/mol. The van der Waals surface area contributed by atoms with Gasteiger partial charge in [0, 0.05) is 39.3 Å². The molecule has 0 unspecified atom stereocenters. The van der Waals surface area contributed by atoms with Crippen LogP contribution in [0.15, 0.2) is 36.1 Å². The number of fused-ring (bicyclic) bond motifs is 1. The number of hydrogen-bond acceptors (Lipinski definition) is 6. The van der Waals surface area contributed by atoms with Gasteiger partial charge in [-0.05, 0) is 37.1 Å². The number of rotatable bonds is 5. The zero-order valence-corrected chi connectivity index (χ0v) is 17.5. The molecule has 1 fully saturated rings. The highest BCUT2D eigenvalue weighted by Gasteiger charge is 2.34. The second-order valence-corrected chi connectivity index (χ2v) is 8.09. The standard InChI is InChI=1S/C24H28N2O4/c1-16-3-5-18(6-4-16)14-21-23(29)22-17(2)13-20(28)19(24(22)30-21)15-26-9-7-25(8-10-26)11-12-27/h3-6,13-14,27-28H,7-12,15H2,1-2H3/b21-14-. The quantitative estimate of drug-likeness (QED) is 0.742. The molecule has 0 aromatic heterocycles. The summed E-state index contributed by atoms with van der Waals surface area (Å²) in [7, 11) is 0. The minimum Gasteiger partial charge on any atom is -0.507 e. The first-order valence-corrected chi connectivity index (χ1v) is 10.4. The van der Waals surface area contributed by atoms with Gasteiger partial charge in [0.1, 0.15) is 11.5 Å². The Kier molecular flexibility index (Phi) is 5.90. The Morgan fingerprint density at radius 2 is 1.73 bits per heavy atom. The van der Waals surface area contributed by atoms with Gasteiger partial charge in [-0.15, -0.1) is 0 Å². The van der Waals surface area contributed by atoms with E-state index in [1.165, 1.54) is 0 Å². The fraction of sp³-hybridized carbons (Fsp3) is 0.375. The predicted molar refractivity (Wildman–Crippen MR) is 116 cm³/mol. The van der Waals surface area contributed by atoms with Crippen LogP contribution in [0.5, 0.6) is 11.5 Å². The molecule has 0 amide bonds. The van der Waals surface area contributed by atoms with E-state index in [0.717, 1.165) is 42.9 Å². The third-order valence-corrected chi connectivity index (χ3v) is 5.86. The van der Waals surface area contributed by atoms with Gasteiger partial charge in [0.25, 0.3) is 0 Å². The van der Waals surface area contributed by atoms with Crippen molar-refractivity contribution >= 4 is 11.9 Å². The van der Waals surface area contributed by atoms with Crippen LogP contribution in [0.25, 0.3) is 6.08 Å². The van der Waals surface area contributed by atoms with Crippen molar-refractivity contribution in [1.82, 2.24) is 9.80 Å². The number of benzene rings is 2. The minimum absolute atomic E-state index is 0.142. The second-order valence-electron chi connectivity index (χ2n) is 8.09. The van der Waals surface area contributed by atoms with Crippen molar-refractivity contribution in [3.63, 3.8) is 0 Å². The van der Waals surface area contributed by atoms with Gasteiger partial charge in [0.05, 0.1) is 17.7 Å². The molecule has 0 saturated carbocycles. The van der Waals surface area contributed by atoms with Gasteiger partial charge in [-0.2, -0.15) is 0 Å². The molecule has 0 atom stereocenters. The Balaban J connectivity index is 1.59. The topological polar surface area (TPSA) is 73.2 Å². The van der Waals surface area contributed by atoms with Gasteiger partial charge in [0.2, 0.25) is 5.78 Å². The van der Waals surface area contributed by atoms with Crippen LogP contribution in [-0.4, -0.2) is 65.1 Å². The highest BCUT2D eigenvalue weighted by Crippen LogP contribution is 2.42. The number of phenols is 1. The molecular formula is C24H28N2O4. The number of Topliss-reactive ketones (excluding diaryl/α,β-unsaturated/α-hetero) is 1. The SMILES string of the molecule is Cc1ccc(/C=C2\Oc3c(CN4CCN(CCO)CC4)c(O)cc(C)c3C2=O)cc1. The highest BCUT2D eigenvalue weighted by atomic mass is 16.5. The smallest absolute Gasteiger partial charge is 0.232 e. The summed E-state index contributed by atoms with van der Waals surface area (Å²) in [6.07, 6.45) is 1.76. The van der Waals surface area contributed by atoms with Gasteiger partial charge >= 0.3 is 0 Å². The number of aryl methyl sites for hydroxylation is 2. The third kappa shape index (κ3) is 4.12. The maximum Gasteiger partial charge on any atom is 0.232 e. The van der Waals surface area contributed by atoms with E-state index < -0.39 is 0 Å². The van der Waals surface area contributed by atoms with Gasteiger partial charge in [-0.25, -0.2) is 0 Å². The highest BCUT2D eigenvalue weighted by molar-refractivity contribution is 6.15. The number of nitrogens with zero attached hydrogens (tertiary/aromatic N) is 2. The van der Waals surface area contributed by atoms with Crippen LogP contribution < -0.4 is 4.74 Å². The molecule has 0 radical (unpaired) electrons. The van der Waals surface area contributed by atoms with Crippen molar-refractivity contribution in [2.45, 2.75) is 20.4 Å². The summed E-state index contributed by atoms with van der Waals surface area (Å²) in [6, 6.07) is 9.57. The molecule has 30 heavy (non-hydrogen) atoms. The van der Waals surface area contributed by atoms with Crippen LogP contribution in [0.4, 0.5) is 0 Å². The fourth-order valence-electron chi connectivity index (χ4n) is 4.08. The molecule has 158 valence electrons. The number of aliphatic hydroxyl groups excluding tert-OH is 1. The van der Waals surface area contributed by atoms with Crippen molar-refractivity contribution < 1.29 is 19.7 Å². The maximum absolute atomic E-state index is 13.0. The first-order chi connectivity index (χ1) is 14.5. The zero-order valence-electron chi connectivity index (χ0n) is 17.5. The average Bonchev–Trinajstić information content (AvgIpc) is 3.05. The van der Waals surface area contributed by atoms with Crippen LogP contribution in [0.3, 0.4) is 0 Å². The fourth-order valence-corrected chi connectivity index (χ4v) is 4.08. The molecule has 2 aromatic carbocycles. The minimum atomic E-state index is -0.142. The van der Waals surface area contributed by atoms with Crippen LogP contribution >= 0.6 is 0 Å². The third-order valence-electron chi connectivity index (χ3n) is 5.86. The van der Waals surface area contributed by atoms with Crippen LogP contribution in [0.2, 0.25) is 0 Å². The van der Waals surface area contributed by atoms with Crippen molar-refractivity contribution in [2.75, 3.05) is 39.3 Å². The summed E-state index contributed by atoms with van der Waals surface area (Å²) in [6.45, 7) is 8.62. The average molecular weight is 408 g/mol. The van der Waals surface area contributed by atoms with Crippen LogP contribution in [-0.2, 0) is 6.54 Å². The van der Waals surface area contributed by atoms with E-state index in [9.17, 15) is 9.90 Å². The first-order valence-electron chi connectivity index (χ1n) is 10.4. The number of aromatic hydroxyl groups is 1. The molecule has 6 nitrogen and oxygen atoms in total. The van der Waals surface area contributed by atoms with Gasteiger partial charge in [-0.1, -0.05) is 29.8 Å². The molecule has 2 heterocycles. The van der Waals surface area contributed by atoms with E-state index in [-0.39, 0.29) is 23.9 Å². The van der Waals surface area contributed by atoms with Crippen molar-refractivity contribution in [3.05, 3.63) is 63.9 Å². The van der Waals surface area contributed by atoms with Crippen molar-refractivity contribution in [2.24, 2.45) is 0 Å². The van der Waals surface area contributed by atoms with Crippen LogP contribution in [0, 0.1) is 13.8 Å². The maximum atomic E-state index is 13.0. The number of aliphatic hydroxyl groups is 1. The Bertz CT molecular complexity index is 974. The molecule has 4 rings (SSSR count). The van der Waals surface area contributed by atoms with E-state index in [1.807, 2.05) is 38.1 Å². The number of ketones is 1. The summed E-state index contributed by atoms with van der Waals surface area (Å²) in [4.78, 5) is 17.5. The lowest BCUT2D eigenvalue weighted by atomic mass is 9.99. The Morgan fingerprint density at radius 1 is 1.07 bits per heavy atom. The number of phenolic OH excluding ortho intramolecular Hbond substituents is 1. The summed E-state index contributed by atoms with van der Waals surface area (Å²) in [5.74, 6) is 0.788. The van der Waals surface area contributed by atoms with Crippen molar-refractivity contribution in [1.29, 1.82) is 0 Å². The van der Waals surface area contributed by atoms with Crippen molar-refractivity contribution in [3.8, 4) is 11.5 Å². The summed E-state index contributed by atoms with van der Waals surface area (Å²) in [5.41, 5.74) is 3.98. The molecule has 1 saturated heterocycles. The van der Waals surface area contributed by atoms with Crippen LogP contribution in [0.1, 0.15) is 32.6 Å². The Morgan fingerprint density at radius 3 is 2.40 bits per heavy atom. The monoisotopic (exact) mass is 408 g/mol. The summed E-state index contributed by atoms with van der Waals surface area (Å²) < 4.78 is 6.03. The molecule has 2 aromatic rings. The number of allylic oxidation sites excluding steroid dienone is 1. The lowest BCUT2D eigenvalue weighted by Gasteiger charge is -2.34. The van der Waals surface area contributed by atoms with E-state index in [0.29, 0.717) is 30.0 Å². The van der Waals surface area contributed by atoms with E-state index in [4.69, 9.17) is 9.84 Å². The number of β-amino-alcohol motifs (C(OH)–C–C–N with tert-alkyl or cyclic N) is 1. The molecule has 0 bridgehead atoms. The molecule has 2 aliphatic heterocycles. The number of ether oxygens (including phenoxy) is 1. The van der Waals surface area contributed by atoms with Gasteiger partial charge < -0.3 is 14.9 Å². The lowest BCUT2D eigenvalue weighted by molar-refractivity contribution is 0.101. The van der Waals surface area contributed by atoms with E-state index in [1.54, 1.807) is 12.1 Å². The predicted octanol–water partition coefficient (Wildman–Crippen LogP) is 2.74. The molecule has 2 N–H and O–H groups in total. The Hall–Kier alpha value is -2.67. The molecule has 6 heteroatoms. The lowest BCUT2D eigenvalue weighted by Crippen LogP contribution is -2.46. The van der Waals surface area contributed by atoms with Gasteiger partial charge in [-0.3, -0.25) is 14.6 Å². The zero-order chi connectivity index (χ0) is 21.3. The number of hydrogen-bond donors (Lipinski definition) is 2. The molecule has 0 spiro atoms. The largest absolute Gasteiger partial charge is 0.507 e. The Labute approximate surface area is 177 Å². The summed E-state index contributed by atoms with van der Waals surface area (Å²) >= 11 is 0. The van der Waals surface area contributed by atoms with Gasteiger partial charge in [0.15, 0.2) is 5.76 Å².